The number of nitrogens with one attached hydrogen (secondary N) is 1. The Morgan fingerprint density at radius 1 is 1.58 bits per heavy atom. The largest absolute Gasteiger partial charge is 0.313 e. The van der Waals surface area contributed by atoms with Gasteiger partial charge in [-0.05, 0) is 26.8 Å². The highest BCUT2D eigenvalue weighted by molar-refractivity contribution is 4.98. The lowest BCUT2D eigenvalue weighted by molar-refractivity contribution is 0.305. The van der Waals surface area contributed by atoms with Gasteiger partial charge >= 0.3 is 0 Å². The third-order valence-electron chi connectivity index (χ3n) is 2.16. The molecule has 0 spiro atoms. The highest BCUT2D eigenvalue weighted by Crippen LogP contribution is 1.98. The van der Waals surface area contributed by atoms with Gasteiger partial charge in [-0.1, -0.05) is 5.92 Å². The molecule has 1 aliphatic rings. The summed E-state index contributed by atoms with van der Waals surface area (Å²) in [5, 5.41) is 3.46. The smallest absolute Gasteiger partial charge is 0.0602 e. The number of rotatable bonds is 1. The average molecular weight is 166 g/mol. The molecule has 1 heterocycles. The molecule has 0 bridgehead atoms. The standard InChI is InChI=1S/C10H18N2/c1-3-4-7-12-8-5-6-11-10(2)9-12/h10-11H,5-9H2,1-2H3. The summed E-state index contributed by atoms with van der Waals surface area (Å²) in [6, 6.07) is 0.617. The van der Waals surface area contributed by atoms with E-state index in [1.165, 1.54) is 13.0 Å². The molecule has 68 valence electrons. The quantitative estimate of drug-likeness (QED) is 0.577. The fourth-order valence-corrected chi connectivity index (χ4v) is 1.53. The molecule has 0 amide bonds. The Morgan fingerprint density at radius 2 is 2.42 bits per heavy atom. The Kier molecular flexibility index (Phi) is 4.13. The molecule has 0 radical (unpaired) electrons. The first kappa shape index (κ1) is 9.57. The molecule has 1 rings (SSSR count). The zero-order valence-corrected chi connectivity index (χ0v) is 8.06. The summed E-state index contributed by atoms with van der Waals surface area (Å²) >= 11 is 0. The molecule has 0 saturated carbocycles. The predicted molar refractivity (Wildman–Crippen MR) is 52.0 cm³/mol. The van der Waals surface area contributed by atoms with Crippen molar-refractivity contribution in [3.63, 3.8) is 0 Å². The summed E-state index contributed by atoms with van der Waals surface area (Å²) in [7, 11) is 0. The van der Waals surface area contributed by atoms with E-state index < -0.39 is 0 Å². The Bertz CT molecular complexity index is 178. The molecule has 0 aliphatic carbocycles. The van der Waals surface area contributed by atoms with E-state index in [9.17, 15) is 0 Å². The van der Waals surface area contributed by atoms with Gasteiger partial charge in [0.15, 0.2) is 0 Å². The van der Waals surface area contributed by atoms with Crippen LogP contribution in [0.1, 0.15) is 20.3 Å². The van der Waals surface area contributed by atoms with Gasteiger partial charge in [-0.3, -0.25) is 4.90 Å². The molecular formula is C10H18N2. The summed E-state index contributed by atoms with van der Waals surface area (Å²) in [5.41, 5.74) is 0. The zero-order valence-electron chi connectivity index (χ0n) is 8.06. The van der Waals surface area contributed by atoms with Crippen LogP contribution in [0.2, 0.25) is 0 Å². The highest BCUT2D eigenvalue weighted by Gasteiger charge is 2.11. The van der Waals surface area contributed by atoms with Gasteiger partial charge in [-0.15, -0.1) is 5.92 Å². The van der Waals surface area contributed by atoms with Crippen molar-refractivity contribution in [3.05, 3.63) is 0 Å². The van der Waals surface area contributed by atoms with Crippen LogP contribution in [-0.4, -0.2) is 37.1 Å². The normalized spacial score (nSPS) is 25.7. The lowest BCUT2D eigenvalue weighted by Gasteiger charge is -2.19. The lowest BCUT2D eigenvalue weighted by atomic mass is 10.3. The summed E-state index contributed by atoms with van der Waals surface area (Å²) in [6.45, 7) is 8.54. The fourth-order valence-electron chi connectivity index (χ4n) is 1.53. The first-order valence-corrected chi connectivity index (χ1v) is 4.68. The SMILES string of the molecule is CC#CCN1CCCNC(C)C1. The fraction of sp³-hybridized carbons (Fsp3) is 0.800. The molecule has 0 aromatic heterocycles. The van der Waals surface area contributed by atoms with E-state index in [1.807, 2.05) is 6.92 Å². The van der Waals surface area contributed by atoms with Crippen molar-refractivity contribution in [2.75, 3.05) is 26.2 Å². The van der Waals surface area contributed by atoms with Gasteiger partial charge in [-0.25, -0.2) is 0 Å². The van der Waals surface area contributed by atoms with Gasteiger partial charge in [-0.2, -0.15) is 0 Å². The minimum Gasteiger partial charge on any atom is -0.313 e. The van der Waals surface area contributed by atoms with Crippen LogP contribution in [0.15, 0.2) is 0 Å². The van der Waals surface area contributed by atoms with Crippen molar-refractivity contribution in [2.24, 2.45) is 0 Å². The summed E-state index contributed by atoms with van der Waals surface area (Å²) in [5.74, 6) is 6.05. The van der Waals surface area contributed by atoms with Gasteiger partial charge in [0.2, 0.25) is 0 Å². The Hall–Kier alpha value is -0.520. The van der Waals surface area contributed by atoms with Crippen molar-refractivity contribution in [1.82, 2.24) is 10.2 Å². The number of nitrogens with zero attached hydrogens (tertiary/aromatic N) is 1. The molecule has 1 saturated heterocycles. The second kappa shape index (κ2) is 5.18. The monoisotopic (exact) mass is 166 g/mol. The zero-order chi connectivity index (χ0) is 8.81. The van der Waals surface area contributed by atoms with Crippen molar-refractivity contribution in [3.8, 4) is 11.8 Å². The second-order valence-corrected chi connectivity index (χ2v) is 3.37. The van der Waals surface area contributed by atoms with Crippen molar-refractivity contribution in [2.45, 2.75) is 26.3 Å². The molecule has 1 fully saturated rings. The van der Waals surface area contributed by atoms with Crippen LogP contribution in [0.25, 0.3) is 0 Å². The first-order chi connectivity index (χ1) is 5.83. The molecular weight excluding hydrogens is 148 g/mol. The Labute approximate surface area is 75.3 Å². The minimum absolute atomic E-state index is 0.617. The minimum atomic E-state index is 0.617. The van der Waals surface area contributed by atoms with E-state index >= 15 is 0 Å². The second-order valence-electron chi connectivity index (χ2n) is 3.37. The third kappa shape index (κ3) is 3.25. The maximum Gasteiger partial charge on any atom is 0.0602 e. The predicted octanol–water partition coefficient (Wildman–Crippen LogP) is 0.694. The van der Waals surface area contributed by atoms with Gasteiger partial charge < -0.3 is 5.32 Å². The van der Waals surface area contributed by atoms with Gasteiger partial charge in [0.05, 0.1) is 6.54 Å². The Morgan fingerprint density at radius 3 is 3.17 bits per heavy atom. The molecule has 0 aromatic rings. The third-order valence-corrected chi connectivity index (χ3v) is 2.16. The molecule has 12 heavy (non-hydrogen) atoms. The van der Waals surface area contributed by atoms with Gasteiger partial charge in [0, 0.05) is 19.1 Å². The van der Waals surface area contributed by atoms with Crippen LogP contribution >= 0.6 is 0 Å². The molecule has 1 unspecified atom stereocenters. The van der Waals surface area contributed by atoms with Gasteiger partial charge in [0.1, 0.15) is 0 Å². The molecule has 1 atom stereocenters. The van der Waals surface area contributed by atoms with Crippen LogP contribution in [0.4, 0.5) is 0 Å². The van der Waals surface area contributed by atoms with Crippen molar-refractivity contribution in [1.29, 1.82) is 0 Å². The maximum atomic E-state index is 3.46. The van der Waals surface area contributed by atoms with E-state index in [1.54, 1.807) is 0 Å². The van der Waals surface area contributed by atoms with E-state index in [2.05, 4.69) is 29.0 Å². The van der Waals surface area contributed by atoms with Crippen LogP contribution < -0.4 is 5.32 Å². The molecule has 0 aromatic carbocycles. The first-order valence-electron chi connectivity index (χ1n) is 4.68. The average Bonchev–Trinajstić information content (AvgIpc) is 2.26. The van der Waals surface area contributed by atoms with Crippen LogP contribution in [0, 0.1) is 11.8 Å². The summed E-state index contributed by atoms with van der Waals surface area (Å²) in [4.78, 5) is 2.42. The van der Waals surface area contributed by atoms with Gasteiger partial charge in [0.25, 0.3) is 0 Å². The molecule has 2 heteroatoms. The number of hydrogen-bond acceptors (Lipinski definition) is 2. The van der Waals surface area contributed by atoms with Crippen LogP contribution in [-0.2, 0) is 0 Å². The molecule has 1 N–H and O–H groups in total. The van der Waals surface area contributed by atoms with Crippen LogP contribution in [0.5, 0.6) is 0 Å². The summed E-state index contributed by atoms with van der Waals surface area (Å²) < 4.78 is 0. The summed E-state index contributed by atoms with van der Waals surface area (Å²) in [6.07, 6.45) is 1.25. The Balaban J connectivity index is 2.34. The van der Waals surface area contributed by atoms with Crippen molar-refractivity contribution < 1.29 is 0 Å². The van der Waals surface area contributed by atoms with Crippen molar-refractivity contribution >= 4 is 0 Å². The van der Waals surface area contributed by atoms with E-state index in [0.717, 1.165) is 19.6 Å². The maximum absolute atomic E-state index is 3.46. The molecule has 1 aliphatic heterocycles. The van der Waals surface area contributed by atoms with Crippen LogP contribution in [0.3, 0.4) is 0 Å². The highest BCUT2D eigenvalue weighted by atomic mass is 15.2. The lowest BCUT2D eigenvalue weighted by Crippen LogP contribution is -2.35. The molecule has 2 nitrogen and oxygen atoms in total. The van der Waals surface area contributed by atoms with E-state index in [0.29, 0.717) is 6.04 Å². The van der Waals surface area contributed by atoms with E-state index in [4.69, 9.17) is 0 Å². The number of hydrogen-bond donors (Lipinski definition) is 1. The topological polar surface area (TPSA) is 15.3 Å². The van der Waals surface area contributed by atoms with E-state index in [-0.39, 0.29) is 0 Å².